The van der Waals surface area contributed by atoms with Gasteiger partial charge in [0.05, 0.1) is 0 Å². The highest BCUT2D eigenvalue weighted by molar-refractivity contribution is 6.31. The third kappa shape index (κ3) is 3.05. The van der Waals surface area contributed by atoms with Crippen LogP contribution < -0.4 is 4.74 Å². The second kappa shape index (κ2) is 4.92. The van der Waals surface area contributed by atoms with Gasteiger partial charge in [-0.15, -0.1) is 0 Å². The zero-order valence-electron chi connectivity index (χ0n) is 7.85. The molecule has 0 aliphatic heterocycles. The van der Waals surface area contributed by atoms with Gasteiger partial charge < -0.3 is 4.74 Å². The predicted molar refractivity (Wildman–Crippen MR) is 46.4 cm³/mol. The van der Waals surface area contributed by atoms with Crippen LogP contribution in [-0.4, -0.2) is 33.4 Å². The standard InChI is InChI=1S/C6HCl2F6N3O/c7-2-15-3(8)17-4(16-2)18-5(11,1(9)10)6(12,13)14/h1H. The zero-order chi connectivity index (χ0) is 14.1. The van der Waals surface area contributed by atoms with Crippen LogP contribution in [0.4, 0.5) is 26.3 Å². The van der Waals surface area contributed by atoms with E-state index in [1.54, 1.807) is 0 Å². The molecule has 0 fully saturated rings. The van der Waals surface area contributed by atoms with Crippen molar-refractivity contribution in [2.75, 3.05) is 0 Å². The van der Waals surface area contributed by atoms with Gasteiger partial charge >= 0.3 is 24.5 Å². The van der Waals surface area contributed by atoms with Gasteiger partial charge in [-0.3, -0.25) is 0 Å². The van der Waals surface area contributed by atoms with E-state index in [1.165, 1.54) is 0 Å². The second-order valence-corrected chi connectivity index (χ2v) is 3.38. The van der Waals surface area contributed by atoms with Gasteiger partial charge in [0.2, 0.25) is 10.6 Å². The van der Waals surface area contributed by atoms with Gasteiger partial charge in [-0.1, -0.05) is 0 Å². The monoisotopic (exact) mass is 315 g/mol. The average Bonchev–Trinajstić information content (AvgIpc) is 2.13. The Bertz CT molecular complexity index is 424. The summed E-state index contributed by atoms with van der Waals surface area (Å²) < 4.78 is 77.1. The molecule has 102 valence electrons. The Morgan fingerprint density at radius 3 is 1.72 bits per heavy atom. The number of hydrogen-bond donors (Lipinski definition) is 0. The summed E-state index contributed by atoms with van der Waals surface area (Å²) in [7, 11) is 0. The lowest BCUT2D eigenvalue weighted by atomic mass is 10.3. The Morgan fingerprint density at radius 1 is 0.944 bits per heavy atom. The van der Waals surface area contributed by atoms with Gasteiger partial charge in [-0.25, -0.2) is 8.78 Å². The van der Waals surface area contributed by atoms with Crippen molar-refractivity contribution in [3.05, 3.63) is 10.6 Å². The fourth-order valence-corrected chi connectivity index (χ4v) is 1.06. The normalized spacial score (nSPS) is 15.6. The Hall–Kier alpha value is -1.03. The van der Waals surface area contributed by atoms with Crippen molar-refractivity contribution in [2.24, 2.45) is 0 Å². The first-order chi connectivity index (χ1) is 8.06. The van der Waals surface area contributed by atoms with Gasteiger partial charge in [0.25, 0.3) is 0 Å². The van der Waals surface area contributed by atoms with Crippen LogP contribution in [0, 0.1) is 0 Å². The first kappa shape index (κ1) is 15.0. The fourth-order valence-electron chi connectivity index (χ4n) is 0.714. The van der Waals surface area contributed by atoms with Crippen LogP contribution in [0.5, 0.6) is 6.01 Å². The van der Waals surface area contributed by atoms with Crippen molar-refractivity contribution in [2.45, 2.75) is 18.5 Å². The molecule has 0 N–H and O–H groups in total. The molecule has 1 unspecified atom stereocenters. The molecule has 0 aliphatic carbocycles. The third-order valence-electron chi connectivity index (χ3n) is 1.47. The zero-order valence-corrected chi connectivity index (χ0v) is 9.36. The minimum absolute atomic E-state index is 0.746. The summed E-state index contributed by atoms with van der Waals surface area (Å²) >= 11 is 10.3. The van der Waals surface area contributed by atoms with E-state index in [1.807, 2.05) is 0 Å². The van der Waals surface area contributed by atoms with Crippen LogP contribution in [0.15, 0.2) is 0 Å². The van der Waals surface area contributed by atoms with Crippen molar-refractivity contribution in [3.8, 4) is 6.01 Å². The summed E-state index contributed by atoms with van der Waals surface area (Å²) in [6.07, 6.45) is -10.5. The minimum Gasteiger partial charge on any atom is -0.413 e. The SMILES string of the molecule is FC(F)C(F)(Oc1nc(Cl)nc(Cl)n1)C(F)(F)F. The minimum atomic E-state index is -6.01. The van der Waals surface area contributed by atoms with Gasteiger partial charge in [0.15, 0.2) is 0 Å². The number of ether oxygens (including phenoxy) is 1. The van der Waals surface area contributed by atoms with Crippen LogP contribution in [0.1, 0.15) is 0 Å². The Morgan fingerprint density at radius 2 is 1.39 bits per heavy atom. The Labute approximate surface area is 105 Å². The summed E-state index contributed by atoms with van der Waals surface area (Å²) in [5, 5.41) is -1.49. The molecule has 1 aromatic rings. The van der Waals surface area contributed by atoms with Gasteiger partial charge in [-0.2, -0.15) is 32.5 Å². The van der Waals surface area contributed by atoms with Crippen LogP contribution in [0.25, 0.3) is 0 Å². The summed E-state index contributed by atoms with van der Waals surface area (Å²) in [5.41, 5.74) is 0. The molecular formula is C6HCl2F6N3O. The second-order valence-electron chi connectivity index (χ2n) is 2.70. The van der Waals surface area contributed by atoms with Crippen molar-refractivity contribution in [1.82, 2.24) is 15.0 Å². The average molecular weight is 316 g/mol. The largest absolute Gasteiger partial charge is 0.466 e. The van der Waals surface area contributed by atoms with Gasteiger partial charge in [0.1, 0.15) is 0 Å². The highest BCUT2D eigenvalue weighted by Crippen LogP contribution is 2.39. The maximum absolute atomic E-state index is 13.1. The molecule has 12 heteroatoms. The van der Waals surface area contributed by atoms with Crippen LogP contribution in [0.3, 0.4) is 0 Å². The van der Waals surface area contributed by atoms with E-state index < -0.39 is 35.0 Å². The van der Waals surface area contributed by atoms with Crippen molar-refractivity contribution < 1.29 is 31.1 Å². The van der Waals surface area contributed by atoms with E-state index in [0.29, 0.717) is 0 Å². The van der Waals surface area contributed by atoms with E-state index in [0.717, 1.165) is 0 Å². The fraction of sp³-hybridized carbons (Fsp3) is 0.500. The lowest BCUT2D eigenvalue weighted by Gasteiger charge is -2.26. The van der Waals surface area contributed by atoms with Crippen LogP contribution >= 0.6 is 23.2 Å². The smallest absolute Gasteiger partial charge is 0.413 e. The molecule has 1 heterocycles. The van der Waals surface area contributed by atoms with Crippen molar-refractivity contribution in [1.29, 1.82) is 0 Å². The number of rotatable bonds is 3. The first-order valence-corrected chi connectivity index (χ1v) is 4.61. The number of halogens is 8. The number of alkyl halides is 6. The molecule has 18 heavy (non-hydrogen) atoms. The molecular weight excluding hydrogens is 315 g/mol. The number of hydrogen-bond acceptors (Lipinski definition) is 4. The van der Waals surface area contributed by atoms with E-state index in [9.17, 15) is 26.3 Å². The van der Waals surface area contributed by atoms with E-state index in [2.05, 4.69) is 19.7 Å². The maximum atomic E-state index is 13.1. The third-order valence-corrected chi connectivity index (χ3v) is 1.81. The lowest BCUT2D eigenvalue weighted by molar-refractivity contribution is -0.341. The predicted octanol–water partition coefficient (Wildman–Crippen LogP) is 3.05. The van der Waals surface area contributed by atoms with E-state index >= 15 is 0 Å². The summed E-state index contributed by atoms with van der Waals surface area (Å²) in [6, 6.07) is -1.42. The number of nitrogens with zero attached hydrogens (tertiary/aromatic N) is 3. The molecule has 4 nitrogen and oxygen atoms in total. The lowest BCUT2D eigenvalue weighted by Crippen LogP contribution is -2.52. The molecule has 0 spiro atoms. The van der Waals surface area contributed by atoms with Crippen molar-refractivity contribution in [3.63, 3.8) is 0 Å². The Balaban J connectivity index is 3.12. The summed E-state index contributed by atoms with van der Waals surface area (Å²) in [5.74, 6) is -5.28. The molecule has 0 saturated heterocycles. The molecule has 0 aliphatic rings. The summed E-state index contributed by atoms with van der Waals surface area (Å²) in [6.45, 7) is 0. The van der Waals surface area contributed by atoms with Crippen LogP contribution in [-0.2, 0) is 0 Å². The van der Waals surface area contributed by atoms with Gasteiger partial charge in [0, 0.05) is 0 Å². The molecule has 0 bridgehead atoms. The highest BCUT2D eigenvalue weighted by Gasteiger charge is 2.66. The highest BCUT2D eigenvalue weighted by atomic mass is 35.5. The molecule has 1 aromatic heterocycles. The summed E-state index contributed by atoms with van der Waals surface area (Å²) in [4.78, 5) is 8.87. The number of aromatic nitrogens is 3. The van der Waals surface area contributed by atoms with Gasteiger partial charge in [-0.05, 0) is 23.2 Å². The van der Waals surface area contributed by atoms with E-state index in [4.69, 9.17) is 23.2 Å². The molecule has 0 aromatic carbocycles. The molecule has 0 amide bonds. The van der Waals surface area contributed by atoms with Crippen molar-refractivity contribution >= 4 is 23.2 Å². The quantitative estimate of drug-likeness (QED) is 0.804. The first-order valence-electron chi connectivity index (χ1n) is 3.86. The molecule has 1 atom stereocenters. The maximum Gasteiger partial charge on any atom is 0.466 e. The Kier molecular flexibility index (Phi) is 4.11. The topological polar surface area (TPSA) is 47.9 Å². The van der Waals surface area contributed by atoms with E-state index in [-0.39, 0.29) is 0 Å². The van der Waals surface area contributed by atoms with Crippen LogP contribution in [0.2, 0.25) is 10.6 Å². The molecule has 0 saturated carbocycles. The molecule has 1 rings (SSSR count). The molecule has 0 radical (unpaired) electrons.